The van der Waals surface area contributed by atoms with Gasteiger partial charge >= 0.3 is 0 Å². The highest BCUT2D eigenvalue weighted by molar-refractivity contribution is 4.82. The van der Waals surface area contributed by atoms with Gasteiger partial charge in [0.2, 0.25) is 0 Å². The molecular formula is C8H16N2O. The van der Waals surface area contributed by atoms with Crippen molar-refractivity contribution in [2.75, 3.05) is 46.4 Å². The molecule has 0 radical (unpaired) electrons. The lowest BCUT2D eigenvalue weighted by Gasteiger charge is -2.42. The number of hydrogen-bond donors (Lipinski definition) is 0. The molecule has 2 rings (SSSR count). The third-order valence-corrected chi connectivity index (χ3v) is 2.64. The van der Waals surface area contributed by atoms with Gasteiger partial charge in [-0.2, -0.15) is 0 Å². The van der Waals surface area contributed by atoms with Gasteiger partial charge in [-0.05, 0) is 7.05 Å². The van der Waals surface area contributed by atoms with Gasteiger partial charge in [-0.15, -0.1) is 0 Å². The number of hydrogen-bond acceptors (Lipinski definition) is 3. The summed E-state index contributed by atoms with van der Waals surface area (Å²) in [7, 11) is 2.19. The molecule has 0 saturated carbocycles. The van der Waals surface area contributed by atoms with Gasteiger partial charge in [-0.3, -0.25) is 4.90 Å². The molecule has 2 aliphatic rings. The first-order valence-corrected chi connectivity index (χ1v) is 4.36. The maximum absolute atomic E-state index is 5.42. The molecule has 0 aromatic heterocycles. The van der Waals surface area contributed by atoms with Gasteiger partial charge < -0.3 is 9.64 Å². The van der Waals surface area contributed by atoms with Crippen molar-refractivity contribution in [1.82, 2.24) is 9.80 Å². The molecule has 3 nitrogen and oxygen atoms in total. The standard InChI is InChI=1S/C8H16N2O/c1-9-2-3-10-4-5-11-7-8(10)6-9/h8H,2-7H2,1H3/t8-/m1/s1. The highest BCUT2D eigenvalue weighted by Gasteiger charge is 2.27. The van der Waals surface area contributed by atoms with Crippen molar-refractivity contribution in [3.8, 4) is 0 Å². The second-order valence-corrected chi connectivity index (χ2v) is 3.53. The van der Waals surface area contributed by atoms with E-state index in [1.54, 1.807) is 0 Å². The molecule has 2 aliphatic heterocycles. The van der Waals surface area contributed by atoms with E-state index in [0.717, 1.165) is 19.8 Å². The first-order valence-electron chi connectivity index (χ1n) is 4.36. The number of likely N-dealkylation sites (N-methyl/N-ethyl adjacent to an activating group) is 1. The van der Waals surface area contributed by atoms with Crippen molar-refractivity contribution in [3.63, 3.8) is 0 Å². The Morgan fingerprint density at radius 3 is 3.09 bits per heavy atom. The minimum absolute atomic E-state index is 0.669. The Morgan fingerprint density at radius 1 is 1.27 bits per heavy atom. The second kappa shape index (κ2) is 3.09. The first kappa shape index (κ1) is 7.53. The topological polar surface area (TPSA) is 15.7 Å². The Morgan fingerprint density at radius 2 is 2.18 bits per heavy atom. The molecule has 2 heterocycles. The molecule has 2 saturated heterocycles. The van der Waals surface area contributed by atoms with Crippen molar-refractivity contribution in [1.29, 1.82) is 0 Å². The minimum atomic E-state index is 0.669. The SMILES string of the molecule is CN1CCN2CCOC[C@H]2C1. The third kappa shape index (κ3) is 1.55. The molecule has 0 aromatic carbocycles. The zero-order valence-electron chi connectivity index (χ0n) is 7.12. The average molecular weight is 156 g/mol. The Balaban J connectivity index is 1.93. The summed E-state index contributed by atoms with van der Waals surface area (Å²) in [4.78, 5) is 4.93. The number of morpholine rings is 1. The summed E-state index contributed by atoms with van der Waals surface area (Å²) >= 11 is 0. The van der Waals surface area contributed by atoms with E-state index in [-0.39, 0.29) is 0 Å². The van der Waals surface area contributed by atoms with Gasteiger partial charge in [0.25, 0.3) is 0 Å². The summed E-state index contributed by atoms with van der Waals surface area (Å²) in [6.45, 7) is 6.63. The van der Waals surface area contributed by atoms with Gasteiger partial charge in [0.05, 0.1) is 13.2 Å². The van der Waals surface area contributed by atoms with E-state index in [1.165, 1.54) is 19.6 Å². The average Bonchev–Trinajstić information content (AvgIpc) is 2.04. The van der Waals surface area contributed by atoms with Crippen LogP contribution in [0.2, 0.25) is 0 Å². The molecule has 0 aromatic rings. The molecule has 0 amide bonds. The third-order valence-electron chi connectivity index (χ3n) is 2.64. The number of nitrogens with zero attached hydrogens (tertiary/aromatic N) is 2. The number of ether oxygens (including phenoxy) is 1. The summed E-state index contributed by atoms with van der Waals surface area (Å²) in [6.07, 6.45) is 0. The Labute approximate surface area is 67.9 Å². The van der Waals surface area contributed by atoms with Crippen LogP contribution < -0.4 is 0 Å². The fourth-order valence-electron chi connectivity index (χ4n) is 1.90. The molecule has 11 heavy (non-hydrogen) atoms. The Hall–Kier alpha value is -0.120. The lowest BCUT2D eigenvalue weighted by atomic mass is 10.1. The lowest BCUT2D eigenvalue weighted by Crippen LogP contribution is -2.56. The van der Waals surface area contributed by atoms with Crippen LogP contribution in [0.15, 0.2) is 0 Å². The maximum Gasteiger partial charge on any atom is 0.0634 e. The van der Waals surface area contributed by atoms with Crippen LogP contribution >= 0.6 is 0 Å². The molecule has 0 spiro atoms. The molecule has 64 valence electrons. The summed E-state index contributed by atoms with van der Waals surface area (Å²) in [5.74, 6) is 0. The van der Waals surface area contributed by atoms with Gasteiger partial charge in [-0.25, -0.2) is 0 Å². The van der Waals surface area contributed by atoms with E-state index < -0.39 is 0 Å². The maximum atomic E-state index is 5.42. The molecule has 0 bridgehead atoms. The summed E-state index contributed by atoms with van der Waals surface area (Å²) < 4.78 is 5.42. The summed E-state index contributed by atoms with van der Waals surface area (Å²) in [6, 6.07) is 0.669. The predicted molar refractivity (Wildman–Crippen MR) is 43.7 cm³/mol. The molecular weight excluding hydrogens is 140 g/mol. The van der Waals surface area contributed by atoms with Crippen LogP contribution in [0, 0.1) is 0 Å². The molecule has 3 heteroatoms. The van der Waals surface area contributed by atoms with Crippen LogP contribution in [-0.4, -0.2) is 62.3 Å². The quantitative estimate of drug-likeness (QED) is 0.476. The highest BCUT2D eigenvalue weighted by atomic mass is 16.5. The van der Waals surface area contributed by atoms with E-state index in [2.05, 4.69) is 16.8 Å². The van der Waals surface area contributed by atoms with Crippen LogP contribution in [0.25, 0.3) is 0 Å². The van der Waals surface area contributed by atoms with E-state index in [9.17, 15) is 0 Å². The number of fused-ring (bicyclic) bond motifs is 1. The largest absolute Gasteiger partial charge is 0.378 e. The Bertz CT molecular complexity index is 140. The molecule has 2 fully saturated rings. The molecule has 0 aliphatic carbocycles. The smallest absolute Gasteiger partial charge is 0.0634 e. The number of piperazine rings is 1. The summed E-state index contributed by atoms with van der Waals surface area (Å²) in [5, 5.41) is 0. The van der Waals surface area contributed by atoms with Gasteiger partial charge in [-0.1, -0.05) is 0 Å². The molecule has 1 atom stereocenters. The minimum Gasteiger partial charge on any atom is -0.378 e. The van der Waals surface area contributed by atoms with E-state index in [0.29, 0.717) is 6.04 Å². The lowest BCUT2D eigenvalue weighted by molar-refractivity contribution is -0.0397. The summed E-state index contributed by atoms with van der Waals surface area (Å²) in [5.41, 5.74) is 0. The van der Waals surface area contributed by atoms with Gasteiger partial charge in [0.1, 0.15) is 0 Å². The van der Waals surface area contributed by atoms with Crippen LogP contribution in [0.3, 0.4) is 0 Å². The monoisotopic (exact) mass is 156 g/mol. The second-order valence-electron chi connectivity index (χ2n) is 3.53. The first-order chi connectivity index (χ1) is 5.36. The van der Waals surface area contributed by atoms with Gasteiger partial charge in [0.15, 0.2) is 0 Å². The van der Waals surface area contributed by atoms with Crippen molar-refractivity contribution in [2.24, 2.45) is 0 Å². The molecule has 0 N–H and O–H groups in total. The van der Waals surface area contributed by atoms with E-state index in [4.69, 9.17) is 4.74 Å². The fraction of sp³-hybridized carbons (Fsp3) is 1.00. The molecule has 0 unspecified atom stereocenters. The fourth-order valence-corrected chi connectivity index (χ4v) is 1.90. The van der Waals surface area contributed by atoms with Crippen molar-refractivity contribution in [3.05, 3.63) is 0 Å². The number of rotatable bonds is 0. The van der Waals surface area contributed by atoms with Crippen molar-refractivity contribution < 1.29 is 4.74 Å². The normalized spacial score (nSPS) is 35.2. The van der Waals surface area contributed by atoms with Crippen LogP contribution in [0.1, 0.15) is 0 Å². The predicted octanol–water partition coefficient (Wildman–Crippen LogP) is -0.367. The van der Waals surface area contributed by atoms with Crippen LogP contribution in [0.5, 0.6) is 0 Å². The Kier molecular flexibility index (Phi) is 2.11. The zero-order valence-corrected chi connectivity index (χ0v) is 7.12. The van der Waals surface area contributed by atoms with Crippen molar-refractivity contribution >= 4 is 0 Å². The van der Waals surface area contributed by atoms with E-state index in [1.807, 2.05) is 0 Å². The highest BCUT2D eigenvalue weighted by Crippen LogP contribution is 2.11. The zero-order chi connectivity index (χ0) is 7.68. The van der Waals surface area contributed by atoms with Crippen molar-refractivity contribution in [2.45, 2.75) is 6.04 Å². The van der Waals surface area contributed by atoms with Crippen LogP contribution in [-0.2, 0) is 4.74 Å². The van der Waals surface area contributed by atoms with Gasteiger partial charge in [0, 0.05) is 32.2 Å². The van der Waals surface area contributed by atoms with Crippen LogP contribution in [0.4, 0.5) is 0 Å². The van der Waals surface area contributed by atoms with E-state index >= 15 is 0 Å².